The van der Waals surface area contributed by atoms with E-state index >= 15 is 0 Å². The van der Waals surface area contributed by atoms with E-state index in [0.717, 1.165) is 5.69 Å². The van der Waals surface area contributed by atoms with Crippen molar-refractivity contribution in [1.82, 2.24) is 0 Å². The van der Waals surface area contributed by atoms with Crippen LogP contribution in [0.2, 0.25) is 0 Å². The number of para-hydroxylation sites is 1. The van der Waals surface area contributed by atoms with Crippen molar-refractivity contribution >= 4 is 41.2 Å². The van der Waals surface area contributed by atoms with E-state index in [1.54, 1.807) is 6.92 Å². The molecule has 0 aliphatic carbocycles. The van der Waals surface area contributed by atoms with Crippen molar-refractivity contribution in [2.45, 2.75) is 13.0 Å². The van der Waals surface area contributed by atoms with E-state index in [4.69, 9.17) is 5.11 Å². The summed E-state index contributed by atoms with van der Waals surface area (Å²) in [5.74, 6) is -0.848. The number of carbonyl (C=O) groups is 1. The van der Waals surface area contributed by atoms with Gasteiger partial charge in [-0.2, -0.15) is 0 Å². The summed E-state index contributed by atoms with van der Waals surface area (Å²) in [6.07, 6.45) is 0. The molecule has 0 aliphatic heterocycles. The Kier molecular flexibility index (Phi) is 5.79. The Balaban J connectivity index is 0.00000144. The summed E-state index contributed by atoms with van der Waals surface area (Å²) in [6.45, 7) is 1.61. The Morgan fingerprint density at radius 3 is 2.38 bits per heavy atom. The number of anilines is 1. The molecule has 1 unspecified atom stereocenters. The van der Waals surface area contributed by atoms with Crippen LogP contribution in [0.4, 0.5) is 5.69 Å². The summed E-state index contributed by atoms with van der Waals surface area (Å²) in [4.78, 5) is 10.4. The molecule has 2 N–H and O–H groups in total. The van der Waals surface area contributed by atoms with Gasteiger partial charge in [-0.05, 0) is 19.1 Å². The Morgan fingerprint density at radius 2 is 1.92 bits per heavy atom. The standard InChI is InChI=1S/C9H11NO2.Na.H/c1-7(9(11)12)10-8-5-3-2-4-6-8;;/h2-7,10H,1H3,(H,11,12);;. The molecule has 0 saturated carbocycles. The van der Waals surface area contributed by atoms with Gasteiger partial charge in [-0.3, -0.25) is 4.79 Å². The first-order chi connectivity index (χ1) is 5.70. The fourth-order valence-corrected chi connectivity index (χ4v) is 0.846. The molecule has 66 valence electrons. The molecule has 0 fully saturated rings. The van der Waals surface area contributed by atoms with E-state index in [2.05, 4.69) is 5.32 Å². The van der Waals surface area contributed by atoms with Crippen molar-refractivity contribution in [3.05, 3.63) is 30.3 Å². The van der Waals surface area contributed by atoms with Gasteiger partial charge in [0.1, 0.15) is 6.04 Å². The predicted octanol–water partition coefficient (Wildman–Crippen LogP) is 0.923. The van der Waals surface area contributed by atoms with Crippen molar-refractivity contribution in [1.29, 1.82) is 0 Å². The Labute approximate surface area is 99.4 Å². The molecular weight excluding hydrogens is 177 g/mol. The third kappa shape index (κ3) is 4.31. The number of hydrogen-bond acceptors (Lipinski definition) is 2. The molecular formula is C9H12NNaO2. The van der Waals surface area contributed by atoms with Crippen LogP contribution in [-0.2, 0) is 4.79 Å². The number of carboxylic acid groups (broad SMARTS) is 1. The number of carboxylic acids is 1. The fraction of sp³-hybridized carbons (Fsp3) is 0.222. The zero-order chi connectivity index (χ0) is 8.97. The summed E-state index contributed by atoms with van der Waals surface area (Å²) in [5, 5.41) is 11.4. The molecule has 0 amide bonds. The van der Waals surface area contributed by atoms with Gasteiger partial charge >= 0.3 is 35.5 Å². The molecule has 0 aliphatic rings. The molecule has 0 radical (unpaired) electrons. The molecule has 1 aromatic carbocycles. The van der Waals surface area contributed by atoms with Crippen LogP contribution in [-0.4, -0.2) is 46.7 Å². The van der Waals surface area contributed by atoms with E-state index in [-0.39, 0.29) is 29.6 Å². The van der Waals surface area contributed by atoms with E-state index in [9.17, 15) is 4.79 Å². The third-order valence-corrected chi connectivity index (χ3v) is 1.53. The summed E-state index contributed by atoms with van der Waals surface area (Å²) < 4.78 is 0. The van der Waals surface area contributed by atoms with Gasteiger partial charge < -0.3 is 10.4 Å². The number of hydrogen-bond donors (Lipinski definition) is 2. The van der Waals surface area contributed by atoms with Gasteiger partial charge in [-0.15, -0.1) is 0 Å². The molecule has 1 aromatic rings. The monoisotopic (exact) mass is 189 g/mol. The molecule has 1 rings (SSSR count). The summed E-state index contributed by atoms with van der Waals surface area (Å²) in [7, 11) is 0. The molecule has 0 heterocycles. The second-order valence-corrected chi connectivity index (χ2v) is 2.57. The van der Waals surface area contributed by atoms with Crippen LogP contribution in [0.3, 0.4) is 0 Å². The molecule has 0 spiro atoms. The van der Waals surface area contributed by atoms with Gasteiger partial charge in [0.25, 0.3) is 0 Å². The zero-order valence-corrected chi connectivity index (χ0v) is 6.82. The molecule has 4 heteroatoms. The van der Waals surface area contributed by atoms with Gasteiger partial charge in [0.2, 0.25) is 0 Å². The van der Waals surface area contributed by atoms with Gasteiger partial charge in [0.05, 0.1) is 0 Å². The van der Waals surface area contributed by atoms with E-state index in [1.807, 2.05) is 30.3 Å². The average molecular weight is 189 g/mol. The van der Waals surface area contributed by atoms with Crippen LogP contribution in [0.1, 0.15) is 6.92 Å². The zero-order valence-electron chi connectivity index (χ0n) is 6.82. The van der Waals surface area contributed by atoms with Crippen molar-refractivity contribution in [2.24, 2.45) is 0 Å². The maximum absolute atomic E-state index is 10.4. The SMILES string of the molecule is CC(Nc1ccccc1)C(=O)O.[NaH]. The van der Waals surface area contributed by atoms with Crippen molar-refractivity contribution in [3.8, 4) is 0 Å². The van der Waals surface area contributed by atoms with Crippen molar-refractivity contribution < 1.29 is 9.90 Å². The second-order valence-electron chi connectivity index (χ2n) is 2.57. The molecule has 0 saturated heterocycles. The topological polar surface area (TPSA) is 49.3 Å². The second kappa shape index (κ2) is 6.02. The first-order valence-corrected chi connectivity index (χ1v) is 3.74. The summed E-state index contributed by atoms with van der Waals surface area (Å²) >= 11 is 0. The van der Waals surface area contributed by atoms with Crippen LogP contribution in [0.15, 0.2) is 30.3 Å². The Hall–Kier alpha value is -0.510. The molecule has 3 nitrogen and oxygen atoms in total. The van der Waals surface area contributed by atoms with Gasteiger partial charge in [-0.25, -0.2) is 0 Å². The summed E-state index contributed by atoms with van der Waals surface area (Å²) in [6, 6.07) is 8.72. The van der Waals surface area contributed by atoms with Gasteiger partial charge in [0, 0.05) is 5.69 Å². The molecule has 0 aromatic heterocycles. The number of rotatable bonds is 3. The Bertz CT molecular complexity index is 264. The van der Waals surface area contributed by atoms with Crippen LogP contribution in [0.5, 0.6) is 0 Å². The molecule has 0 bridgehead atoms. The van der Waals surface area contributed by atoms with Crippen molar-refractivity contribution in [2.75, 3.05) is 5.32 Å². The summed E-state index contributed by atoms with van der Waals surface area (Å²) in [5.41, 5.74) is 0.826. The first-order valence-electron chi connectivity index (χ1n) is 3.74. The normalized spacial score (nSPS) is 11.2. The number of aliphatic carboxylic acids is 1. The quantitative estimate of drug-likeness (QED) is 0.695. The van der Waals surface area contributed by atoms with E-state index in [1.165, 1.54) is 0 Å². The van der Waals surface area contributed by atoms with Crippen LogP contribution < -0.4 is 5.32 Å². The Morgan fingerprint density at radius 1 is 1.38 bits per heavy atom. The van der Waals surface area contributed by atoms with Crippen LogP contribution >= 0.6 is 0 Å². The van der Waals surface area contributed by atoms with Gasteiger partial charge in [0.15, 0.2) is 0 Å². The fourth-order valence-electron chi connectivity index (χ4n) is 0.846. The molecule has 1 atom stereocenters. The predicted molar refractivity (Wildman–Crippen MR) is 54.3 cm³/mol. The maximum atomic E-state index is 10.4. The van der Waals surface area contributed by atoms with Crippen molar-refractivity contribution in [3.63, 3.8) is 0 Å². The average Bonchev–Trinajstić information content (AvgIpc) is 2.06. The number of nitrogens with one attached hydrogen (secondary N) is 1. The first kappa shape index (κ1) is 12.5. The van der Waals surface area contributed by atoms with Crippen LogP contribution in [0.25, 0.3) is 0 Å². The minimum absolute atomic E-state index is 0. The third-order valence-electron chi connectivity index (χ3n) is 1.53. The van der Waals surface area contributed by atoms with Crippen LogP contribution in [0, 0.1) is 0 Å². The van der Waals surface area contributed by atoms with E-state index < -0.39 is 12.0 Å². The minimum atomic E-state index is -0.848. The van der Waals surface area contributed by atoms with Gasteiger partial charge in [-0.1, -0.05) is 18.2 Å². The van der Waals surface area contributed by atoms with E-state index in [0.29, 0.717) is 0 Å². The molecule has 13 heavy (non-hydrogen) atoms. The number of benzene rings is 1.